The van der Waals surface area contributed by atoms with E-state index in [9.17, 15) is 107 Å². The number of benzene rings is 8. The molecule has 76 heavy (non-hydrogen) atoms. The molecule has 0 saturated heterocycles. The van der Waals surface area contributed by atoms with Gasteiger partial charge in [-0.3, -0.25) is 0 Å². The van der Waals surface area contributed by atoms with Crippen LogP contribution in [0.1, 0.15) is 11.1 Å². The molecule has 8 aromatic carbocycles. The monoisotopic (exact) mass is 1030 g/mol. The summed E-state index contributed by atoms with van der Waals surface area (Å²) in [6, 6.07) is 1.02. The molecule has 0 spiro atoms. The summed E-state index contributed by atoms with van der Waals surface area (Å²) in [6.07, 6.45) is 0. The van der Waals surface area contributed by atoms with Gasteiger partial charge < -0.3 is 102 Å². The number of aromatic hydroxyl groups is 18. The Morgan fingerprint density at radius 2 is 0.750 bits per heavy atom. The number of rotatable bonds is 7. The smallest absolute Gasteiger partial charge is 0.205 e. The van der Waals surface area contributed by atoms with E-state index in [0.717, 1.165) is 21.8 Å². The Kier molecular flexibility index (Phi) is 12.0. The zero-order chi connectivity index (χ0) is 56.8. The third-order valence-corrected chi connectivity index (χ3v) is 14.2. The number of phenolic OH excluding ortho intramolecular Hbond substituents is 18. The molecule has 0 saturated carbocycles. The van der Waals surface area contributed by atoms with Gasteiger partial charge in [0.05, 0.1) is 21.7 Å². The molecule has 22 nitrogen and oxygen atoms in total. The molecule has 0 aliphatic rings. The summed E-state index contributed by atoms with van der Waals surface area (Å²) in [6.45, 7) is 3.75. The summed E-state index contributed by atoms with van der Waals surface area (Å²) in [7, 11) is 10.6. The van der Waals surface area contributed by atoms with Gasteiger partial charge in [0, 0.05) is 38.2 Å². The first-order valence-corrected chi connectivity index (χ1v) is 22.3. The number of hydrogen-bond donors (Lipinski definition) is 20. The maximum atomic E-state index is 13.3. The number of hydrogen-bond acceptors (Lipinski definition) is 22. The minimum atomic E-state index is -1.45. The minimum absolute atomic E-state index is 0.00215. The topological polar surface area (TPSA) is 434 Å². The molecule has 0 bridgehead atoms. The van der Waals surface area contributed by atoms with Gasteiger partial charge in [0.1, 0.15) is 97.2 Å². The van der Waals surface area contributed by atoms with Crippen LogP contribution in [-0.2, 0) is 0 Å². The highest BCUT2D eigenvalue weighted by Crippen LogP contribution is 2.63. The Morgan fingerprint density at radius 1 is 0.355 bits per heavy atom. The normalized spacial score (nSPS) is 12.4. The van der Waals surface area contributed by atoms with Crippen molar-refractivity contribution in [2.24, 2.45) is 5.18 Å². The van der Waals surface area contributed by atoms with Gasteiger partial charge in [-0.25, -0.2) is 0 Å². The van der Waals surface area contributed by atoms with E-state index >= 15 is 0 Å². The van der Waals surface area contributed by atoms with Crippen molar-refractivity contribution >= 4 is 155 Å². The van der Waals surface area contributed by atoms with Crippen molar-refractivity contribution in [1.29, 1.82) is 0 Å². The Labute approximate surface area is 432 Å². The molecular weight excluding hydrogens is 989 g/mol. The van der Waals surface area contributed by atoms with Gasteiger partial charge in [0.25, 0.3) is 0 Å². The van der Waals surface area contributed by atoms with E-state index in [1.165, 1.54) is 47.1 Å². The summed E-state index contributed by atoms with van der Waals surface area (Å²) < 4.78 is 0. The number of allylic oxidation sites excluding steroid dienone is 2. The van der Waals surface area contributed by atoms with Crippen LogP contribution in [0.25, 0.3) is 76.4 Å². The van der Waals surface area contributed by atoms with Crippen molar-refractivity contribution in [3.8, 4) is 126 Å². The second kappa shape index (κ2) is 17.4. The van der Waals surface area contributed by atoms with Crippen LogP contribution in [-0.4, -0.2) is 165 Å². The average molecular weight is 1030 g/mol. The lowest BCUT2D eigenvalue weighted by atomic mass is 9.64. The zero-order valence-electron chi connectivity index (χ0n) is 41.1. The molecule has 30 heteroatoms. The molecule has 20 N–H and O–H groups in total. The fraction of sp³-hybridized carbons (Fsp3) is 0. The highest BCUT2D eigenvalue weighted by atomic mass is 16.4. The molecule has 0 radical (unpaired) electrons. The van der Waals surface area contributed by atoms with E-state index in [2.05, 4.69) is 11.8 Å². The van der Waals surface area contributed by atoms with Gasteiger partial charge in [0.15, 0.2) is 57.5 Å². The first-order valence-electron chi connectivity index (χ1n) is 22.3. The number of nitroso groups, excluding NO2 is 1. The third-order valence-electron chi connectivity index (χ3n) is 14.2. The molecule has 0 atom stereocenters. The lowest BCUT2D eigenvalue weighted by Gasteiger charge is -2.28. The summed E-state index contributed by atoms with van der Waals surface area (Å²) in [5.74, 6) is -24.3. The zero-order valence-corrected chi connectivity index (χ0v) is 41.1. The number of aliphatic hydroxyl groups excluding tert-OH is 2. The van der Waals surface area contributed by atoms with Gasteiger partial charge in [-0.2, -0.15) is 0 Å². The molecule has 0 amide bonds. The van der Waals surface area contributed by atoms with Crippen LogP contribution in [0.2, 0.25) is 0 Å². The molecule has 378 valence electrons. The Balaban J connectivity index is 1.73. The fourth-order valence-electron chi connectivity index (χ4n) is 10.5. The van der Waals surface area contributed by atoms with Crippen LogP contribution < -0.4 is 32.8 Å². The van der Waals surface area contributed by atoms with Gasteiger partial charge in [-0.15, -0.1) is 11.5 Å². The first kappa shape index (κ1) is 52.5. The molecule has 0 unspecified atom stereocenters. The Hall–Kier alpha value is -9.86. The summed E-state index contributed by atoms with van der Waals surface area (Å²) in [5, 5.41) is 225. The van der Waals surface area contributed by atoms with Crippen LogP contribution in [0.15, 0.2) is 34.8 Å². The summed E-state index contributed by atoms with van der Waals surface area (Å²) >= 11 is 0. The van der Waals surface area contributed by atoms with E-state index in [4.69, 9.17) is 0 Å². The lowest BCUT2D eigenvalue weighted by Crippen LogP contribution is -2.33. The highest BCUT2D eigenvalue weighted by molar-refractivity contribution is 6.59. The maximum Gasteiger partial charge on any atom is 0.205 e. The third kappa shape index (κ3) is 6.65. The average Bonchev–Trinajstić information content (AvgIpc) is 3.38. The largest absolute Gasteiger partial charge is 0.509 e. The van der Waals surface area contributed by atoms with Crippen molar-refractivity contribution in [1.82, 2.24) is 0 Å². The van der Waals surface area contributed by atoms with Crippen LogP contribution in [0, 0.1) is 4.91 Å². The molecule has 8 aromatic rings. The van der Waals surface area contributed by atoms with Crippen LogP contribution in [0.5, 0.6) is 103 Å². The van der Waals surface area contributed by atoms with Crippen molar-refractivity contribution in [2.75, 3.05) is 0 Å². The van der Waals surface area contributed by atoms with E-state index < -0.39 is 197 Å². The molecular formula is C46H39B8NO21. The number of nitrogens with zero attached hydrogens (tertiary/aromatic N) is 1. The molecule has 0 aliphatic carbocycles. The molecule has 0 aliphatic heterocycles. The van der Waals surface area contributed by atoms with E-state index in [-0.39, 0.29) is 49.4 Å². The van der Waals surface area contributed by atoms with Gasteiger partial charge in [-0.1, -0.05) is 10.9 Å². The summed E-state index contributed by atoms with van der Waals surface area (Å²) in [4.78, 5) is 13.3. The second-order valence-corrected chi connectivity index (χ2v) is 18.4. The lowest BCUT2D eigenvalue weighted by molar-refractivity contribution is 0.331. The maximum absolute atomic E-state index is 13.3. The van der Waals surface area contributed by atoms with Crippen molar-refractivity contribution in [3.63, 3.8) is 0 Å². The van der Waals surface area contributed by atoms with E-state index in [1.807, 2.05) is 0 Å². The van der Waals surface area contributed by atoms with E-state index in [1.54, 1.807) is 0 Å². The van der Waals surface area contributed by atoms with Crippen LogP contribution in [0.4, 0.5) is 5.69 Å². The van der Waals surface area contributed by atoms with E-state index in [0.29, 0.717) is 0 Å². The van der Waals surface area contributed by atoms with Crippen molar-refractivity contribution < 1.29 is 102 Å². The standard InChI is InChI=1S/C46H39B8NO21/c1-3(47)6(17-28(57)19-20(34(63)33(17)62)38(67)46(75)45(74)37(19)66)30(59)41(70)22(50)10-11-7(5(55-76)2-4(48)27(11)56)8(12-14-18(35(64)42(71)31(12)60)36(65)44(73)43(72)32(14)61)9-13(10)29(58)23(51)15(21(9)49)16-24(52)39(68)26(54)40(69)25(16)53/h2,56-75H,1,47-54H2/b30-6-,41-22+. The fourth-order valence-corrected chi connectivity index (χ4v) is 10.5. The predicted octanol–water partition coefficient (Wildman–Crippen LogP) is -4.74. The predicted molar refractivity (Wildman–Crippen MR) is 304 cm³/mol. The number of aliphatic hydroxyl groups is 2. The quantitative estimate of drug-likeness (QED) is 0.0136. The highest BCUT2D eigenvalue weighted by Gasteiger charge is 2.37. The van der Waals surface area contributed by atoms with Crippen molar-refractivity contribution in [3.05, 3.63) is 45.7 Å². The molecule has 0 heterocycles. The van der Waals surface area contributed by atoms with Gasteiger partial charge in [-0.05, 0) is 66.1 Å². The SMILES string of the molecule is BC(=C)/C(=C(O)\C(O)=C(/B)c1c2c(O)c(B)cc(N=O)c2c(-c2c(O)c(O)c(O)c3c(O)c(O)c(O)c(O)c23)c2c(B)c(-c3c(B)c(O)c(B)c(O)c3B)c(B)c(O)c12)c1c(O)c(O)c2c(O)c(O)c(O)c(O)c2c1O. The molecule has 8 rings (SSSR count). The van der Waals surface area contributed by atoms with Gasteiger partial charge >= 0.3 is 0 Å². The minimum Gasteiger partial charge on any atom is -0.509 e. The Morgan fingerprint density at radius 3 is 1.22 bits per heavy atom. The van der Waals surface area contributed by atoms with Crippen LogP contribution >= 0.6 is 0 Å². The number of fused-ring (bicyclic) bond motifs is 4. The first-order chi connectivity index (χ1) is 35.3. The molecule has 0 fully saturated rings. The Bertz CT molecular complexity index is 4160. The molecule has 0 aromatic heterocycles. The van der Waals surface area contributed by atoms with Crippen molar-refractivity contribution in [2.45, 2.75) is 0 Å². The van der Waals surface area contributed by atoms with Gasteiger partial charge in [0.2, 0.25) is 28.7 Å². The number of phenols is 18. The van der Waals surface area contributed by atoms with Crippen LogP contribution in [0.3, 0.4) is 0 Å². The second-order valence-electron chi connectivity index (χ2n) is 18.4. The summed E-state index contributed by atoms with van der Waals surface area (Å²) in [5.41, 5.74) is -5.46.